The first-order valence-electron chi connectivity index (χ1n) is 16.2. The molecule has 0 bridgehead atoms. The topological polar surface area (TPSA) is 26.0 Å². The van der Waals surface area contributed by atoms with Crippen LogP contribution < -0.4 is 4.90 Å². The Morgan fingerprint density at radius 3 is 1.88 bits per heavy atom. The van der Waals surface area contributed by atoms with Crippen molar-refractivity contribution in [3.8, 4) is 39.2 Å². The fourth-order valence-electron chi connectivity index (χ4n) is 6.47. The Bertz CT molecular complexity index is 2440. The summed E-state index contributed by atoms with van der Waals surface area (Å²) in [5.41, 5.74) is 13.6. The van der Waals surface area contributed by atoms with Crippen LogP contribution in [0.2, 0.25) is 0 Å². The second kappa shape index (κ2) is 13.1. The molecule has 240 valence electrons. The van der Waals surface area contributed by atoms with Crippen LogP contribution in [0.3, 0.4) is 0 Å². The number of hydrogen-bond acceptors (Lipinski definition) is 2. The molecular weight excluding hydrogens is 780 g/mol. The first-order chi connectivity index (χ1) is 24.1. The van der Waals surface area contributed by atoms with Gasteiger partial charge in [0.05, 0.1) is 0 Å². The number of benzene rings is 6. The van der Waals surface area contributed by atoms with E-state index in [9.17, 15) is 0 Å². The van der Waals surface area contributed by atoms with E-state index in [1.54, 1.807) is 0 Å². The molecule has 0 atom stereocenters. The molecule has 0 saturated heterocycles. The van der Waals surface area contributed by atoms with Crippen molar-refractivity contribution in [1.29, 1.82) is 0 Å². The molecule has 0 N–H and O–H groups in total. The monoisotopic (exact) mass is 811 g/mol. The molecule has 2 heterocycles. The molecule has 0 aliphatic heterocycles. The molecule has 8 rings (SSSR count). The predicted octanol–water partition coefficient (Wildman–Crippen LogP) is 10.8. The number of hydrogen-bond donors (Lipinski definition) is 0. The van der Waals surface area contributed by atoms with Crippen molar-refractivity contribution >= 4 is 28.1 Å². The molecule has 4 nitrogen and oxygen atoms in total. The van der Waals surface area contributed by atoms with Gasteiger partial charge in [-0.15, -0.1) is 0 Å². The average molecular weight is 812 g/mol. The normalized spacial score (nSPS) is 11.2. The van der Waals surface area contributed by atoms with E-state index in [1.807, 2.05) is 12.3 Å². The molecule has 0 spiro atoms. The molecule has 0 fully saturated rings. The number of rotatable bonds is 7. The number of para-hydroxylation sites is 3. The predicted molar refractivity (Wildman–Crippen MR) is 197 cm³/mol. The minimum absolute atomic E-state index is 0.889. The zero-order chi connectivity index (χ0) is 33.3. The maximum absolute atomic E-state index is 4.72. The molecule has 0 aliphatic rings. The summed E-state index contributed by atoms with van der Waals surface area (Å²) in [7, 11) is 2.11. The summed E-state index contributed by atoms with van der Waals surface area (Å²) < 4.78 is 5.59. The number of pyridine rings is 1. The second-order valence-corrected chi connectivity index (χ2v) is 13.0. The standard InChI is InChI=1S/C44H32N4.Pt/c1-32-26-27-45-41(28-32)35-18-11-20-37(29-35)48(38-21-12-19-36(30-38)47-31-46(2)42-24-9-10-25-43(42)47)44-39(33-14-5-3-6-15-33)22-13-23-40(44)34-16-7-4-8-17-34;/h3-28H,1-2H3;/q-2;. The van der Waals surface area contributed by atoms with Gasteiger partial charge in [-0.3, -0.25) is 0 Å². The zero-order valence-electron chi connectivity index (χ0n) is 27.1. The van der Waals surface area contributed by atoms with E-state index in [1.165, 1.54) is 0 Å². The third kappa shape index (κ3) is 5.79. The fourth-order valence-corrected chi connectivity index (χ4v) is 7.30. The number of aromatic nitrogens is 3. The van der Waals surface area contributed by atoms with E-state index in [-0.39, 0.29) is 0 Å². The third-order valence-electron chi connectivity index (χ3n) is 8.80. The minimum atomic E-state index is 0.889. The van der Waals surface area contributed by atoms with Crippen LogP contribution in [0.1, 0.15) is 5.56 Å². The summed E-state index contributed by atoms with van der Waals surface area (Å²) in [6.07, 6.45) is 1.86. The Balaban J connectivity index is 1.43. The molecule has 0 aliphatic carbocycles. The van der Waals surface area contributed by atoms with Crippen molar-refractivity contribution in [1.82, 2.24) is 14.1 Å². The van der Waals surface area contributed by atoms with Gasteiger partial charge in [0.15, 0.2) is 0 Å². The number of fused-ring (bicyclic) bond motifs is 1. The fraction of sp³-hybridized carbons (Fsp3) is 0.0455. The SMILES string of the molecule is Cc1ccnc(-c2[c-]c(N(c3[c-]c(-n4[c](=[Pt])n(C)c5ccccc54)ccc3)c3c(-c4ccccc4)cccc3-c3ccccc3)ccc2)c1. The van der Waals surface area contributed by atoms with Crippen LogP contribution in [0.5, 0.6) is 0 Å². The molecule has 8 aromatic rings. The van der Waals surface area contributed by atoms with E-state index in [4.69, 9.17) is 4.98 Å². The van der Waals surface area contributed by atoms with Crippen molar-refractivity contribution in [3.63, 3.8) is 0 Å². The number of anilines is 3. The van der Waals surface area contributed by atoms with E-state index in [2.05, 4.69) is 205 Å². The Kier molecular flexibility index (Phi) is 8.25. The van der Waals surface area contributed by atoms with Gasteiger partial charge in [0.2, 0.25) is 0 Å². The van der Waals surface area contributed by atoms with Gasteiger partial charge in [-0.2, -0.15) is 0 Å². The van der Waals surface area contributed by atoms with Crippen LogP contribution in [0.25, 0.3) is 50.2 Å². The molecule has 6 aromatic carbocycles. The molecule has 0 unspecified atom stereocenters. The number of nitrogens with zero attached hydrogens (tertiary/aromatic N) is 4. The van der Waals surface area contributed by atoms with Crippen LogP contribution in [0, 0.1) is 22.9 Å². The summed E-state index contributed by atoms with van der Waals surface area (Å²) in [6, 6.07) is 60.8. The van der Waals surface area contributed by atoms with Gasteiger partial charge >= 0.3 is 286 Å². The van der Waals surface area contributed by atoms with Crippen LogP contribution in [0.4, 0.5) is 17.1 Å². The summed E-state index contributed by atoms with van der Waals surface area (Å²) in [6.45, 7) is 2.09. The van der Waals surface area contributed by atoms with Crippen molar-refractivity contribution < 1.29 is 19.4 Å². The van der Waals surface area contributed by atoms with Gasteiger partial charge in [-0.25, -0.2) is 0 Å². The molecule has 0 amide bonds. The Hall–Kier alpha value is -5.57. The summed E-state index contributed by atoms with van der Waals surface area (Å²) in [5.74, 6) is 0. The third-order valence-corrected chi connectivity index (χ3v) is 10.1. The summed E-state index contributed by atoms with van der Waals surface area (Å²) in [4.78, 5) is 7.03. The van der Waals surface area contributed by atoms with E-state index >= 15 is 0 Å². The summed E-state index contributed by atoms with van der Waals surface area (Å²) in [5, 5.41) is 0. The average Bonchev–Trinajstić information content (AvgIpc) is 3.41. The van der Waals surface area contributed by atoms with Gasteiger partial charge in [0.1, 0.15) is 0 Å². The van der Waals surface area contributed by atoms with Gasteiger partial charge < -0.3 is 0 Å². The second-order valence-electron chi connectivity index (χ2n) is 12.0. The molecule has 0 radical (unpaired) electrons. The molecule has 2 aromatic heterocycles. The van der Waals surface area contributed by atoms with Crippen LogP contribution in [-0.2, 0) is 26.4 Å². The van der Waals surface area contributed by atoms with Crippen LogP contribution >= 0.6 is 0 Å². The first kappa shape index (κ1) is 30.7. The first-order valence-corrected chi connectivity index (χ1v) is 17.3. The van der Waals surface area contributed by atoms with Gasteiger partial charge in [-0.1, -0.05) is 0 Å². The molecular formula is C44H32N4Pt-2. The summed E-state index contributed by atoms with van der Waals surface area (Å²) >= 11 is 2.41. The number of imidazole rings is 1. The van der Waals surface area contributed by atoms with Gasteiger partial charge in [0.25, 0.3) is 0 Å². The van der Waals surface area contributed by atoms with E-state index in [0.717, 1.165) is 76.7 Å². The van der Waals surface area contributed by atoms with Crippen LogP contribution in [-0.4, -0.2) is 14.1 Å². The van der Waals surface area contributed by atoms with Crippen molar-refractivity contribution in [2.24, 2.45) is 7.05 Å². The van der Waals surface area contributed by atoms with E-state index in [0.29, 0.717) is 0 Å². The van der Waals surface area contributed by atoms with Crippen molar-refractivity contribution in [2.45, 2.75) is 6.92 Å². The van der Waals surface area contributed by atoms with Gasteiger partial charge in [0, 0.05) is 0 Å². The van der Waals surface area contributed by atoms with Crippen molar-refractivity contribution in [2.75, 3.05) is 4.90 Å². The van der Waals surface area contributed by atoms with Crippen LogP contribution in [0.15, 0.2) is 158 Å². The Labute approximate surface area is 297 Å². The maximum atomic E-state index is 4.72. The molecule has 0 saturated carbocycles. The Morgan fingerprint density at radius 1 is 0.612 bits per heavy atom. The quantitative estimate of drug-likeness (QED) is 0.150. The van der Waals surface area contributed by atoms with Crippen molar-refractivity contribution in [3.05, 3.63) is 179 Å². The van der Waals surface area contributed by atoms with Gasteiger partial charge in [-0.05, 0) is 13.0 Å². The molecule has 49 heavy (non-hydrogen) atoms. The zero-order valence-corrected chi connectivity index (χ0v) is 29.4. The number of aryl methyl sites for hydroxylation is 2. The molecule has 5 heteroatoms. The Morgan fingerprint density at radius 2 is 1.20 bits per heavy atom. The van der Waals surface area contributed by atoms with E-state index < -0.39 is 0 Å².